The number of nitro benzene ring substituents is 1. The summed E-state index contributed by atoms with van der Waals surface area (Å²) in [5.74, 6) is -1.28. The summed E-state index contributed by atoms with van der Waals surface area (Å²) < 4.78 is 5.26. The molecule has 29 heavy (non-hydrogen) atoms. The van der Waals surface area contributed by atoms with Gasteiger partial charge in [-0.2, -0.15) is 0 Å². The van der Waals surface area contributed by atoms with Crippen molar-refractivity contribution in [3.05, 3.63) is 103 Å². The van der Waals surface area contributed by atoms with Crippen LogP contribution >= 0.6 is 23.2 Å². The highest BCUT2D eigenvalue weighted by atomic mass is 35.5. The average Bonchev–Trinajstić information content (AvgIpc) is 2.72. The monoisotopic (exact) mass is 430 g/mol. The van der Waals surface area contributed by atoms with Crippen LogP contribution in [0, 0.1) is 10.1 Å². The third kappa shape index (κ3) is 4.77. The Bertz CT molecular complexity index is 1100. The molecule has 3 aromatic rings. The second-order valence-corrected chi connectivity index (χ2v) is 6.66. The van der Waals surface area contributed by atoms with Crippen LogP contribution < -0.4 is 0 Å². The van der Waals surface area contributed by atoms with E-state index in [0.29, 0.717) is 10.7 Å². The number of benzene rings is 2. The third-order valence-electron chi connectivity index (χ3n) is 3.96. The first-order valence-electron chi connectivity index (χ1n) is 8.22. The lowest BCUT2D eigenvalue weighted by molar-refractivity contribution is -0.384. The SMILES string of the molecule is O=C(OCc1ccc(Cl)nc1)c1ccccc1C(=O)c1ccc(Cl)c([N+](=O)[O-])c1. The van der Waals surface area contributed by atoms with E-state index < -0.39 is 22.4 Å². The van der Waals surface area contributed by atoms with Crippen molar-refractivity contribution >= 4 is 40.6 Å². The maximum absolute atomic E-state index is 12.9. The summed E-state index contributed by atoms with van der Waals surface area (Å²) in [4.78, 5) is 39.7. The maximum atomic E-state index is 12.9. The highest BCUT2D eigenvalue weighted by Crippen LogP contribution is 2.27. The number of hydrogen-bond donors (Lipinski definition) is 0. The highest BCUT2D eigenvalue weighted by molar-refractivity contribution is 6.33. The molecule has 9 heteroatoms. The maximum Gasteiger partial charge on any atom is 0.339 e. The van der Waals surface area contributed by atoms with Gasteiger partial charge in [-0.1, -0.05) is 47.5 Å². The van der Waals surface area contributed by atoms with E-state index >= 15 is 0 Å². The van der Waals surface area contributed by atoms with Gasteiger partial charge in [0.2, 0.25) is 0 Å². The minimum atomic E-state index is -0.715. The summed E-state index contributed by atoms with van der Waals surface area (Å²) in [7, 11) is 0. The van der Waals surface area contributed by atoms with Gasteiger partial charge in [-0.15, -0.1) is 0 Å². The molecule has 2 aromatic carbocycles. The van der Waals surface area contributed by atoms with Crippen molar-refractivity contribution in [3.63, 3.8) is 0 Å². The third-order valence-corrected chi connectivity index (χ3v) is 4.50. The van der Waals surface area contributed by atoms with Crippen LogP contribution in [0.15, 0.2) is 60.8 Å². The molecule has 0 aliphatic carbocycles. The number of hydrogen-bond acceptors (Lipinski definition) is 6. The number of aromatic nitrogens is 1. The fourth-order valence-corrected chi connectivity index (χ4v) is 2.83. The zero-order valence-corrected chi connectivity index (χ0v) is 16.2. The minimum Gasteiger partial charge on any atom is -0.457 e. The summed E-state index contributed by atoms with van der Waals surface area (Å²) in [5, 5.41) is 11.3. The largest absolute Gasteiger partial charge is 0.457 e. The molecule has 1 heterocycles. The summed E-state index contributed by atoms with van der Waals surface area (Å²) >= 11 is 11.5. The first-order valence-corrected chi connectivity index (χ1v) is 8.97. The molecule has 0 atom stereocenters. The summed E-state index contributed by atoms with van der Waals surface area (Å²) in [5.41, 5.74) is 0.358. The van der Waals surface area contributed by atoms with Gasteiger partial charge in [-0.05, 0) is 24.3 Å². The van der Waals surface area contributed by atoms with E-state index in [1.165, 1.54) is 30.5 Å². The Kier molecular flexibility index (Phi) is 6.21. The molecule has 0 radical (unpaired) electrons. The van der Waals surface area contributed by atoms with Crippen molar-refractivity contribution in [2.75, 3.05) is 0 Å². The number of ether oxygens (including phenoxy) is 1. The molecule has 0 saturated heterocycles. The number of carbonyl (C=O) groups is 2. The van der Waals surface area contributed by atoms with Gasteiger partial charge in [0.05, 0.1) is 10.5 Å². The second kappa shape index (κ2) is 8.81. The van der Waals surface area contributed by atoms with Crippen LogP contribution in [-0.2, 0) is 11.3 Å². The quantitative estimate of drug-likeness (QED) is 0.181. The fourth-order valence-electron chi connectivity index (χ4n) is 2.53. The lowest BCUT2D eigenvalue weighted by atomic mass is 9.98. The Morgan fingerprint density at radius 3 is 2.41 bits per heavy atom. The van der Waals surface area contributed by atoms with Crippen LogP contribution in [-0.4, -0.2) is 21.7 Å². The summed E-state index contributed by atoms with van der Waals surface area (Å²) in [6, 6.07) is 13.0. The molecule has 0 aliphatic rings. The molecule has 1 aromatic heterocycles. The number of halogens is 2. The van der Waals surface area contributed by atoms with Gasteiger partial charge >= 0.3 is 5.97 Å². The van der Waals surface area contributed by atoms with Crippen LogP contribution in [0.25, 0.3) is 0 Å². The van der Waals surface area contributed by atoms with Gasteiger partial charge in [0.15, 0.2) is 5.78 Å². The van der Waals surface area contributed by atoms with E-state index in [0.717, 1.165) is 6.07 Å². The zero-order valence-electron chi connectivity index (χ0n) is 14.7. The first-order chi connectivity index (χ1) is 13.9. The molecule has 0 N–H and O–H groups in total. The molecule has 0 fully saturated rings. The number of carbonyl (C=O) groups excluding carboxylic acids is 2. The Morgan fingerprint density at radius 1 is 1.03 bits per heavy atom. The van der Waals surface area contributed by atoms with Crippen molar-refractivity contribution in [3.8, 4) is 0 Å². The van der Waals surface area contributed by atoms with Crippen LogP contribution in [0.5, 0.6) is 0 Å². The molecule has 3 rings (SSSR count). The Labute approximate surface area is 175 Å². The number of pyridine rings is 1. The van der Waals surface area contributed by atoms with Gasteiger partial charge in [-0.3, -0.25) is 14.9 Å². The number of esters is 1. The molecular weight excluding hydrogens is 419 g/mol. The lowest BCUT2D eigenvalue weighted by Crippen LogP contribution is -2.13. The van der Waals surface area contributed by atoms with Crippen LogP contribution in [0.2, 0.25) is 10.2 Å². The van der Waals surface area contributed by atoms with Crippen molar-refractivity contribution in [2.45, 2.75) is 6.61 Å². The van der Waals surface area contributed by atoms with Crippen molar-refractivity contribution in [2.24, 2.45) is 0 Å². The highest BCUT2D eigenvalue weighted by Gasteiger charge is 2.22. The normalized spacial score (nSPS) is 10.4. The van der Waals surface area contributed by atoms with Gasteiger partial charge in [-0.25, -0.2) is 9.78 Å². The smallest absolute Gasteiger partial charge is 0.339 e. The van der Waals surface area contributed by atoms with E-state index in [1.54, 1.807) is 24.3 Å². The first kappa shape index (κ1) is 20.4. The van der Waals surface area contributed by atoms with E-state index in [1.807, 2.05) is 0 Å². The van der Waals surface area contributed by atoms with Crippen LogP contribution in [0.4, 0.5) is 5.69 Å². The number of ketones is 1. The standard InChI is InChI=1S/C20H12Cl2N2O5/c21-16-7-6-13(9-17(16)24(27)28)19(25)14-3-1-2-4-15(14)20(26)29-11-12-5-8-18(22)23-10-12/h1-10H,11H2. The molecule has 0 amide bonds. The van der Waals surface area contributed by atoms with E-state index in [4.69, 9.17) is 27.9 Å². The number of nitro groups is 1. The molecular formula is C20H12Cl2N2O5. The van der Waals surface area contributed by atoms with E-state index in [9.17, 15) is 19.7 Å². The molecule has 0 aliphatic heterocycles. The van der Waals surface area contributed by atoms with Crippen LogP contribution in [0.3, 0.4) is 0 Å². The van der Waals surface area contributed by atoms with E-state index in [2.05, 4.69) is 4.98 Å². The number of rotatable bonds is 6. The Hall–Kier alpha value is -3.29. The van der Waals surface area contributed by atoms with Crippen LogP contribution in [0.1, 0.15) is 31.8 Å². The van der Waals surface area contributed by atoms with Gasteiger partial charge in [0.25, 0.3) is 5.69 Å². The van der Waals surface area contributed by atoms with Gasteiger partial charge in [0, 0.05) is 29.0 Å². The van der Waals surface area contributed by atoms with Gasteiger partial charge < -0.3 is 4.74 Å². The molecule has 0 spiro atoms. The zero-order chi connectivity index (χ0) is 21.0. The van der Waals surface area contributed by atoms with Crippen molar-refractivity contribution in [1.82, 2.24) is 4.98 Å². The summed E-state index contributed by atoms with van der Waals surface area (Å²) in [6.07, 6.45) is 1.47. The molecule has 146 valence electrons. The van der Waals surface area contributed by atoms with Crippen molar-refractivity contribution < 1.29 is 19.2 Å². The Balaban J connectivity index is 1.85. The lowest BCUT2D eigenvalue weighted by Gasteiger charge is -2.09. The Morgan fingerprint density at radius 2 is 1.76 bits per heavy atom. The predicted molar refractivity (Wildman–Crippen MR) is 106 cm³/mol. The topological polar surface area (TPSA) is 99.4 Å². The minimum absolute atomic E-state index is 0.0308. The van der Waals surface area contributed by atoms with E-state index in [-0.39, 0.29) is 28.3 Å². The molecule has 0 bridgehead atoms. The second-order valence-electron chi connectivity index (χ2n) is 5.86. The van der Waals surface area contributed by atoms with Crippen molar-refractivity contribution in [1.29, 1.82) is 0 Å². The number of nitrogens with zero attached hydrogens (tertiary/aromatic N) is 2. The summed E-state index contributed by atoms with van der Waals surface area (Å²) in [6.45, 7) is -0.0576. The molecule has 0 unspecified atom stereocenters. The predicted octanol–water partition coefficient (Wildman–Crippen LogP) is 4.88. The molecule has 0 saturated carbocycles. The average molecular weight is 431 g/mol. The molecule has 7 nitrogen and oxygen atoms in total. The fraction of sp³-hybridized carbons (Fsp3) is 0.0500. The van der Waals surface area contributed by atoms with Gasteiger partial charge in [0.1, 0.15) is 16.8 Å².